The lowest BCUT2D eigenvalue weighted by Crippen LogP contribution is -2.26. The summed E-state index contributed by atoms with van der Waals surface area (Å²) >= 11 is 1.14. The lowest BCUT2D eigenvalue weighted by atomic mass is 10.1. The van der Waals surface area contributed by atoms with Crippen LogP contribution in [0.15, 0.2) is 78.9 Å². The second-order valence-corrected chi connectivity index (χ2v) is 8.95. The van der Waals surface area contributed by atoms with E-state index < -0.39 is 0 Å². The number of amides is 1. The van der Waals surface area contributed by atoms with E-state index in [0.29, 0.717) is 45.6 Å². The molecule has 3 aromatic carbocycles. The van der Waals surface area contributed by atoms with Gasteiger partial charge >= 0.3 is 0 Å². The van der Waals surface area contributed by atoms with Gasteiger partial charge in [-0.05, 0) is 24.1 Å². The van der Waals surface area contributed by atoms with Crippen LogP contribution in [-0.2, 0) is 6.42 Å². The molecule has 0 aliphatic carbocycles. The average molecular weight is 502 g/mol. The summed E-state index contributed by atoms with van der Waals surface area (Å²) in [4.78, 5) is 26.8. The van der Waals surface area contributed by atoms with Crippen LogP contribution in [0.4, 0.5) is 16.4 Å². The van der Waals surface area contributed by atoms with Crippen LogP contribution >= 0.6 is 11.3 Å². The summed E-state index contributed by atoms with van der Waals surface area (Å²) in [6.07, 6.45) is 0.668. The van der Waals surface area contributed by atoms with Crippen LogP contribution in [0.1, 0.15) is 31.2 Å². The van der Waals surface area contributed by atoms with E-state index in [9.17, 15) is 9.59 Å². The van der Waals surface area contributed by atoms with E-state index in [1.165, 1.54) is 0 Å². The number of ketones is 1. The highest BCUT2D eigenvalue weighted by Gasteiger charge is 2.27. The third-order valence-electron chi connectivity index (χ3n) is 5.61. The van der Waals surface area contributed by atoms with E-state index >= 15 is 0 Å². The van der Waals surface area contributed by atoms with E-state index in [0.717, 1.165) is 16.9 Å². The molecule has 0 atom stereocenters. The Morgan fingerprint density at radius 1 is 0.917 bits per heavy atom. The fourth-order valence-corrected chi connectivity index (χ4v) is 4.82. The maximum absolute atomic E-state index is 13.3. The zero-order valence-electron chi connectivity index (χ0n) is 20.0. The second kappa shape index (κ2) is 11.4. The molecule has 0 unspecified atom stereocenters. The van der Waals surface area contributed by atoms with Crippen molar-refractivity contribution in [3.05, 3.63) is 100 Å². The fourth-order valence-electron chi connectivity index (χ4n) is 3.72. The summed E-state index contributed by atoms with van der Waals surface area (Å²) in [6.45, 7) is 0.422. The predicted octanol–water partition coefficient (Wildman–Crippen LogP) is 5.29. The molecule has 1 aromatic heterocycles. The summed E-state index contributed by atoms with van der Waals surface area (Å²) in [5.41, 5.74) is 9.01. The van der Waals surface area contributed by atoms with Gasteiger partial charge in [0.2, 0.25) is 5.78 Å². The zero-order chi connectivity index (χ0) is 25.5. The predicted molar refractivity (Wildman–Crippen MR) is 144 cm³/mol. The van der Waals surface area contributed by atoms with Gasteiger partial charge < -0.3 is 25.8 Å². The quantitative estimate of drug-likeness (QED) is 0.255. The molecule has 1 heterocycles. The van der Waals surface area contributed by atoms with Gasteiger partial charge in [-0.3, -0.25) is 9.59 Å². The Labute approximate surface area is 213 Å². The molecule has 1 amide bonds. The molecule has 0 fully saturated rings. The molecule has 4 rings (SSSR count). The number of nitrogen functional groups attached to an aromatic ring is 1. The Bertz CT molecular complexity index is 1350. The fraction of sp³-hybridized carbons (Fsp3) is 0.143. The number of benzene rings is 3. The number of anilines is 3. The molecule has 0 spiro atoms. The minimum atomic E-state index is -0.359. The SMILES string of the molecule is COc1ccc(Nc2sc(C(=O)c3ccccc3)c(N)c2C(=O)NCCc2ccccc2)c(OC)c1. The lowest BCUT2D eigenvalue weighted by molar-refractivity contribution is 0.0956. The molecule has 4 N–H and O–H groups in total. The molecule has 4 aromatic rings. The number of thiophene rings is 1. The van der Waals surface area contributed by atoms with Gasteiger partial charge in [0, 0.05) is 18.2 Å². The highest BCUT2D eigenvalue weighted by Crippen LogP contribution is 2.41. The Hall–Kier alpha value is -4.30. The minimum absolute atomic E-state index is 0.140. The van der Waals surface area contributed by atoms with Gasteiger partial charge in [0.05, 0.1) is 31.2 Å². The molecule has 0 saturated carbocycles. The van der Waals surface area contributed by atoms with Crippen LogP contribution in [0.25, 0.3) is 0 Å². The number of ether oxygens (including phenoxy) is 2. The first-order chi connectivity index (χ1) is 17.5. The Morgan fingerprint density at radius 3 is 2.28 bits per heavy atom. The van der Waals surface area contributed by atoms with Crippen LogP contribution in [0.5, 0.6) is 11.5 Å². The Balaban J connectivity index is 1.67. The maximum Gasteiger partial charge on any atom is 0.256 e. The molecule has 184 valence electrons. The third-order valence-corrected chi connectivity index (χ3v) is 6.73. The molecule has 8 heteroatoms. The summed E-state index contributed by atoms with van der Waals surface area (Å²) in [7, 11) is 3.12. The highest BCUT2D eigenvalue weighted by atomic mass is 32.1. The molecular weight excluding hydrogens is 474 g/mol. The summed E-state index contributed by atoms with van der Waals surface area (Å²) in [5, 5.41) is 6.63. The molecule has 36 heavy (non-hydrogen) atoms. The summed E-state index contributed by atoms with van der Waals surface area (Å²) in [6, 6.07) is 24.0. The topological polar surface area (TPSA) is 103 Å². The van der Waals surface area contributed by atoms with Crippen LogP contribution < -0.4 is 25.8 Å². The third kappa shape index (κ3) is 5.50. The minimum Gasteiger partial charge on any atom is -0.497 e. The van der Waals surface area contributed by atoms with E-state index in [4.69, 9.17) is 15.2 Å². The van der Waals surface area contributed by atoms with Crippen molar-refractivity contribution in [3.63, 3.8) is 0 Å². The monoisotopic (exact) mass is 501 g/mol. The van der Waals surface area contributed by atoms with Crippen LogP contribution in [-0.4, -0.2) is 32.5 Å². The van der Waals surface area contributed by atoms with E-state index in [1.54, 1.807) is 56.7 Å². The van der Waals surface area contributed by atoms with Crippen molar-refractivity contribution in [1.82, 2.24) is 5.32 Å². The van der Waals surface area contributed by atoms with E-state index in [2.05, 4.69) is 10.6 Å². The molecule has 0 saturated heterocycles. The van der Waals surface area contributed by atoms with Crippen LogP contribution in [0.3, 0.4) is 0 Å². The summed E-state index contributed by atoms with van der Waals surface area (Å²) < 4.78 is 10.8. The number of nitrogens with two attached hydrogens (primary N) is 1. The van der Waals surface area contributed by atoms with Gasteiger partial charge in [-0.25, -0.2) is 0 Å². The first-order valence-electron chi connectivity index (χ1n) is 11.3. The lowest BCUT2D eigenvalue weighted by Gasteiger charge is -2.13. The van der Waals surface area contributed by atoms with E-state index in [-0.39, 0.29) is 22.9 Å². The first-order valence-corrected chi connectivity index (χ1v) is 12.2. The van der Waals surface area contributed by atoms with Crippen LogP contribution in [0, 0.1) is 0 Å². The van der Waals surface area contributed by atoms with Gasteiger partial charge in [0.15, 0.2) is 0 Å². The highest BCUT2D eigenvalue weighted by molar-refractivity contribution is 7.19. The molecule has 0 aliphatic heterocycles. The number of hydrogen-bond donors (Lipinski definition) is 3. The number of methoxy groups -OCH3 is 2. The molecule has 0 bridgehead atoms. The van der Waals surface area contributed by atoms with Crippen molar-refractivity contribution in [2.75, 3.05) is 31.8 Å². The molecular formula is C28H27N3O4S. The standard InChI is InChI=1S/C28H27N3O4S/c1-34-20-13-14-21(22(17-20)35-2)31-28-23(27(33)30-16-15-18-9-5-3-6-10-18)24(29)26(36-28)25(32)19-11-7-4-8-12-19/h3-14,17,31H,15-16,29H2,1-2H3,(H,30,33). The normalized spacial score (nSPS) is 10.5. The zero-order valence-corrected chi connectivity index (χ0v) is 20.9. The van der Waals surface area contributed by atoms with Gasteiger partial charge in [-0.15, -0.1) is 11.3 Å². The Kier molecular flexibility index (Phi) is 7.87. The van der Waals surface area contributed by atoms with Crippen molar-refractivity contribution in [1.29, 1.82) is 0 Å². The van der Waals surface area contributed by atoms with Crippen LogP contribution in [0.2, 0.25) is 0 Å². The van der Waals surface area contributed by atoms with Gasteiger partial charge in [0.25, 0.3) is 5.91 Å². The Morgan fingerprint density at radius 2 is 1.61 bits per heavy atom. The molecule has 0 aliphatic rings. The maximum atomic E-state index is 13.3. The van der Waals surface area contributed by atoms with Crippen molar-refractivity contribution < 1.29 is 19.1 Å². The number of nitrogens with one attached hydrogen (secondary N) is 2. The smallest absolute Gasteiger partial charge is 0.256 e. The van der Waals surface area contributed by atoms with Gasteiger partial charge in [0.1, 0.15) is 21.4 Å². The average Bonchev–Trinajstić information content (AvgIpc) is 3.24. The van der Waals surface area contributed by atoms with Crippen molar-refractivity contribution in [3.8, 4) is 11.5 Å². The summed E-state index contributed by atoms with van der Waals surface area (Å²) in [5.74, 6) is 0.544. The molecule has 7 nitrogen and oxygen atoms in total. The number of carbonyl (C=O) groups is 2. The van der Waals surface area contributed by atoms with Gasteiger partial charge in [-0.1, -0.05) is 60.7 Å². The first kappa shape index (κ1) is 24.8. The number of hydrogen-bond acceptors (Lipinski definition) is 7. The largest absolute Gasteiger partial charge is 0.497 e. The van der Waals surface area contributed by atoms with Crippen molar-refractivity contribution in [2.45, 2.75) is 6.42 Å². The van der Waals surface area contributed by atoms with E-state index in [1.807, 2.05) is 36.4 Å². The van der Waals surface area contributed by atoms with Crippen molar-refractivity contribution >= 4 is 39.4 Å². The van der Waals surface area contributed by atoms with Crippen molar-refractivity contribution in [2.24, 2.45) is 0 Å². The number of carbonyl (C=O) groups excluding carboxylic acids is 2. The second-order valence-electron chi connectivity index (χ2n) is 7.93. The van der Waals surface area contributed by atoms with Gasteiger partial charge in [-0.2, -0.15) is 0 Å². The number of rotatable bonds is 10. The molecule has 0 radical (unpaired) electrons.